The molecule has 3 heterocycles. The maximum absolute atomic E-state index is 10.9. The molecule has 7 heteroatoms. The van der Waals surface area contributed by atoms with Gasteiger partial charge in [0.2, 0.25) is 0 Å². The number of aryl methyl sites for hydroxylation is 1. The van der Waals surface area contributed by atoms with Gasteiger partial charge in [0.25, 0.3) is 0 Å². The molecule has 0 bridgehead atoms. The Hall–Kier alpha value is -2.80. The molecule has 1 N–H and O–H groups in total. The Morgan fingerprint density at radius 2 is 1.76 bits per heavy atom. The molecule has 0 spiro atoms. The van der Waals surface area contributed by atoms with E-state index in [2.05, 4.69) is 25.0 Å². The SMILES string of the molecule is Cn1ncnc1C1(O)CCN(c2cc(-c3ccccc3)ncn2)CC1. The van der Waals surface area contributed by atoms with Gasteiger partial charge in [0.05, 0.1) is 5.69 Å². The van der Waals surface area contributed by atoms with Crippen molar-refractivity contribution in [2.75, 3.05) is 18.0 Å². The van der Waals surface area contributed by atoms with E-state index in [1.54, 1.807) is 11.0 Å². The largest absolute Gasteiger partial charge is 0.382 e. The van der Waals surface area contributed by atoms with Crippen LogP contribution in [0.3, 0.4) is 0 Å². The van der Waals surface area contributed by atoms with Crippen molar-refractivity contribution in [3.05, 3.63) is 54.9 Å². The molecular weight excluding hydrogens is 316 g/mol. The van der Waals surface area contributed by atoms with Gasteiger partial charge in [0.1, 0.15) is 24.1 Å². The van der Waals surface area contributed by atoms with Crippen LogP contribution in [0.4, 0.5) is 5.82 Å². The first kappa shape index (κ1) is 15.7. The second kappa shape index (κ2) is 6.25. The molecule has 0 amide bonds. The molecule has 2 aromatic heterocycles. The summed E-state index contributed by atoms with van der Waals surface area (Å²) in [5, 5.41) is 15.0. The standard InChI is InChI=1S/C18H20N6O/c1-23-17(21-13-22-23)18(25)7-9-24(10-8-18)16-11-15(19-12-20-16)14-5-3-2-4-6-14/h2-6,11-13,25H,7-10H2,1H3. The fourth-order valence-electron chi connectivity index (χ4n) is 3.33. The van der Waals surface area contributed by atoms with Gasteiger partial charge in [0, 0.05) is 44.6 Å². The van der Waals surface area contributed by atoms with Crippen LogP contribution in [0.25, 0.3) is 11.3 Å². The Kier molecular flexibility index (Phi) is 3.93. The molecular formula is C18H20N6O. The van der Waals surface area contributed by atoms with Gasteiger partial charge in [0.15, 0.2) is 5.82 Å². The van der Waals surface area contributed by atoms with Gasteiger partial charge in [-0.2, -0.15) is 5.10 Å². The Balaban J connectivity index is 1.53. The summed E-state index contributed by atoms with van der Waals surface area (Å²) in [5.41, 5.74) is 1.04. The van der Waals surface area contributed by atoms with Crippen LogP contribution < -0.4 is 4.90 Å². The van der Waals surface area contributed by atoms with Crippen LogP contribution in [-0.2, 0) is 12.6 Å². The predicted molar refractivity (Wildman–Crippen MR) is 93.8 cm³/mol. The van der Waals surface area contributed by atoms with E-state index in [-0.39, 0.29) is 0 Å². The van der Waals surface area contributed by atoms with E-state index >= 15 is 0 Å². The van der Waals surface area contributed by atoms with Crippen LogP contribution in [0.2, 0.25) is 0 Å². The highest BCUT2D eigenvalue weighted by atomic mass is 16.3. The van der Waals surface area contributed by atoms with Crippen LogP contribution in [0.15, 0.2) is 49.1 Å². The van der Waals surface area contributed by atoms with Crippen molar-refractivity contribution in [2.24, 2.45) is 7.05 Å². The lowest BCUT2D eigenvalue weighted by atomic mass is 9.90. The van der Waals surface area contributed by atoms with E-state index in [1.807, 2.05) is 43.4 Å². The molecule has 4 rings (SSSR count). The van der Waals surface area contributed by atoms with Crippen LogP contribution >= 0.6 is 0 Å². The number of aromatic nitrogens is 5. The van der Waals surface area contributed by atoms with E-state index < -0.39 is 5.60 Å². The highest BCUT2D eigenvalue weighted by molar-refractivity contribution is 5.62. The average Bonchev–Trinajstić information content (AvgIpc) is 3.10. The summed E-state index contributed by atoms with van der Waals surface area (Å²) in [7, 11) is 1.81. The zero-order valence-electron chi connectivity index (χ0n) is 14.1. The Labute approximate surface area is 146 Å². The summed E-state index contributed by atoms with van der Waals surface area (Å²) in [6, 6.07) is 12.1. The number of piperidine rings is 1. The molecule has 0 radical (unpaired) electrons. The quantitative estimate of drug-likeness (QED) is 0.785. The molecule has 0 unspecified atom stereocenters. The van der Waals surface area contributed by atoms with Crippen molar-refractivity contribution in [3.8, 4) is 11.3 Å². The number of rotatable bonds is 3. The zero-order chi connectivity index (χ0) is 17.3. The van der Waals surface area contributed by atoms with Crippen LogP contribution in [0.5, 0.6) is 0 Å². The molecule has 0 aliphatic carbocycles. The van der Waals surface area contributed by atoms with E-state index in [0.29, 0.717) is 31.8 Å². The minimum atomic E-state index is -0.933. The van der Waals surface area contributed by atoms with Crippen LogP contribution in [-0.4, -0.2) is 42.9 Å². The number of hydrogen-bond donors (Lipinski definition) is 1. The number of anilines is 1. The number of benzene rings is 1. The maximum atomic E-state index is 10.9. The fourth-order valence-corrected chi connectivity index (χ4v) is 3.33. The molecule has 7 nitrogen and oxygen atoms in total. The van der Waals surface area contributed by atoms with Gasteiger partial charge < -0.3 is 10.0 Å². The van der Waals surface area contributed by atoms with Crippen molar-refractivity contribution >= 4 is 5.82 Å². The first-order chi connectivity index (χ1) is 12.2. The third-order valence-corrected chi connectivity index (χ3v) is 4.76. The van der Waals surface area contributed by atoms with Gasteiger partial charge in [-0.1, -0.05) is 30.3 Å². The molecule has 0 atom stereocenters. The number of aliphatic hydroxyl groups is 1. The van der Waals surface area contributed by atoms with Crippen molar-refractivity contribution in [1.29, 1.82) is 0 Å². The zero-order valence-corrected chi connectivity index (χ0v) is 14.1. The lowest BCUT2D eigenvalue weighted by molar-refractivity contribution is -0.000176. The second-order valence-electron chi connectivity index (χ2n) is 6.35. The first-order valence-corrected chi connectivity index (χ1v) is 8.35. The highest BCUT2D eigenvalue weighted by Crippen LogP contribution is 2.33. The van der Waals surface area contributed by atoms with E-state index in [1.165, 1.54) is 6.33 Å². The van der Waals surface area contributed by atoms with Crippen molar-refractivity contribution in [2.45, 2.75) is 18.4 Å². The molecule has 3 aromatic rings. The molecule has 1 saturated heterocycles. The van der Waals surface area contributed by atoms with Gasteiger partial charge >= 0.3 is 0 Å². The summed E-state index contributed by atoms with van der Waals surface area (Å²) in [5.74, 6) is 1.51. The van der Waals surface area contributed by atoms with Crippen LogP contribution in [0, 0.1) is 0 Å². The number of nitrogens with zero attached hydrogens (tertiary/aromatic N) is 6. The van der Waals surface area contributed by atoms with E-state index in [9.17, 15) is 5.11 Å². The Morgan fingerprint density at radius 3 is 2.44 bits per heavy atom. The van der Waals surface area contributed by atoms with E-state index in [4.69, 9.17) is 0 Å². The molecule has 1 aromatic carbocycles. The molecule has 1 aliphatic heterocycles. The normalized spacial score (nSPS) is 16.8. The lowest BCUT2D eigenvalue weighted by Crippen LogP contribution is -2.44. The van der Waals surface area contributed by atoms with Gasteiger partial charge in [-0.3, -0.25) is 4.68 Å². The average molecular weight is 336 g/mol. The van der Waals surface area contributed by atoms with Crippen molar-refractivity contribution in [1.82, 2.24) is 24.7 Å². The third-order valence-electron chi connectivity index (χ3n) is 4.76. The van der Waals surface area contributed by atoms with Gasteiger partial charge in [-0.25, -0.2) is 15.0 Å². The summed E-state index contributed by atoms with van der Waals surface area (Å²) >= 11 is 0. The predicted octanol–water partition coefficient (Wildman–Crippen LogP) is 1.76. The summed E-state index contributed by atoms with van der Waals surface area (Å²) in [6.07, 6.45) is 4.26. The van der Waals surface area contributed by atoms with Gasteiger partial charge in [-0.05, 0) is 0 Å². The molecule has 0 saturated carbocycles. The first-order valence-electron chi connectivity index (χ1n) is 8.35. The summed E-state index contributed by atoms with van der Waals surface area (Å²) in [4.78, 5) is 15.2. The van der Waals surface area contributed by atoms with Gasteiger partial charge in [-0.15, -0.1) is 0 Å². The fraction of sp³-hybridized carbons (Fsp3) is 0.333. The van der Waals surface area contributed by atoms with Crippen LogP contribution in [0.1, 0.15) is 18.7 Å². The Bertz CT molecular complexity index is 855. The molecule has 1 aliphatic rings. The van der Waals surface area contributed by atoms with Crippen molar-refractivity contribution < 1.29 is 5.11 Å². The van der Waals surface area contributed by atoms with Crippen molar-refractivity contribution in [3.63, 3.8) is 0 Å². The lowest BCUT2D eigenvalue weighted by Gasteiger charge is -2.37. The molecule has 1 fully saturated rings. The monoisotopic (exact) mass is 336 g/mol. The molecule has 128 valence electrons. The highest BCUT2D eigenvalue weighted by Gasteiger charge is 2.38. The maximum Gasteiger partial charge on any atom is 0.158 e. The summed E-state index contributed by atoms with van der Waals surface area (Å²) < 4.78 is 1.65. The molecule has 25 heavy (non-hydrogen) atoms. The Morgan fingerprint density at radius 1 is 1.00 bits per heavy atom. The van der Waals surface area contributed by atoms with E-state index in [0.717, 1.165) is 17.1 Å². The topological polar surface area (TPSA) is 80.0 Å². The summed E-state index contributed by atoms with van der Waals surface area (Å²) in [6.45, 7) is 1.41. The second-order valence-corrected chi connectivity index (χ2v) is 6.35. The third kappa shape index (κ3) is 2.98. The smallest absolute Gasteiger partial charge is 0.158 e. The minimum absolute atomic E-state index is 0.588. The minimum Gasteiger partial charge on any atom is -0.382 e. The number of hydrogen-bond acceptors (Lipinski definition) is 6.